The third-order valence-corrected chi connectivity index (χ3v) is 3.35. The Bertz CT molecular complexity index is 434. The van der Waals surface area contributed by atoms with E-state index in [0.29, 0.717) is 0 Å². The van der Waals surface area contributed by atoms with Crippen molar-refractivity contribution in [3.63, 3.8) is 0 Å². The Balaban J connectivity index is 2.32. The molecule has 0 heterocycles. The Kier molecular flexibility index (Phi) is 8.25. The Morgan fingerprint density at radius 3 is 2.48 bits per heavy atom. The van der Waals surface area contributed by atoms with Crippen molar-refractivity contribution < 1.29 is 14.6 Å². The first-order valence-electron chi connectivity index (χ1n) is 7.79. The molecule has 1 aromatic rings. The minimum atomic E-state index is -0.938. The molecule has 1 unspecified atom stereocenters. The van der Waals surface area contributed by atoms with Crippen LogP contribution >= 0.6 is 0 Å². The summed E-state index contributed by atoms with van der Waals surface area (Å²) >= 11 is 0. The minimum absolute atomic E-state index is 0.215. The number of carboxylic acid groups (broad SMARTS) is 1. The lowest BCUT2D eigenvalue weighted by Crippen LogP contribution is -2.11. The van der Waals surface area contributed by atoms with Gasteiger partial charge in [-0.2, -0.15) is 0 Å². The van der Waals surface area contributed by atoms with Gasteiger partial charge in [0.05, 0.1) is 6.10 Å². The van der Waals surface area contributed by atoms with Gasteiger partial charge in [0, 0.05) is 6.08 Å². The third kappa shape index (κ3) is 8.18. The van der Waals surface area contributed by atoms with Crippen molar-refractivity contribution in [3.8, 4) is 5.75 Å². The maximum Gasteiger partial charge on any atom is 0.328 e. The molecule has 0 aliphatic rings. The first-order valence-corrected chi connectivity index (χ1v) is 7.79. The molecule has 3 nitrogen and oxygen atoms in total. The zero-order valence-electron chi connectivity index (χ0n) is 13.0. The van der Waals surface area contributed by atoms with Crippen molar-refractivity contribution in [3.05, 3.63) is 35.9 Å². The van der Waals surface area contributed by atoms with Crippen LogP contribution < -0.4 is 4.74 Å². The van der Waals surface area contributed by atoms with Crippen LogP contribution in [0.25, 0.3) is 6.08 Å². The monoisotopic (exact) mass is 290 g/mol. The van der Waals surface area contributed by atoms with Crippen molar-refractivity contribution in [1.82, 2.24) is 0 Å². The van der Waals surface area contributed by atoms with Crippen molar-refractivity contribution in [2.45, 2.75) is 58.5 Å². The zero-order valence-corrected chi connectivity index (χ0v) is 13.0. The summed E-state index contributed by atoms with van der Waals surface area (Å²) in [6, 6.07) is 7.50. The van der Waals surface area contributed by atoms with Crippen molar-refractivity contribution in [2.75, 3.05) is 0 Å². The van der Waals surface area contributed by atoms with Gasteiger partial charge in [0.1, 0.15) is 5.75 Å². The molecular formula is C18H26O3. The molecule has 1 aromatic carbocycles. The smallest absolute Gasteiger partial charge is 0.328 e. The molecule has 21 heavy (non-hydrogen) atoms. The molecule has 0 bridgehead atoms. The normalized spacial score (nSPS) is 12.5. The molecule has 0 radical (unpaired) electrons. The Morgan fingerprint density at radius 2 is 1.86 bits per heavy atom. The largest absolute Gasteiger partial charge is 0.491 e. The summed E-state index contributed by atoms with van der Waals surface area (Å²) in [6.07, 6.45) is 10.4. The van der Waals surface area contributed by atoms with E-state index >= 15 is 0 Å². The second-order valence-corrected chi connectivity index (χ2v) is 5.37. The highest BCUT2D eigenvalue weighted by Gasteiger charge is 2.03. The fourth-order valence-corrected chi connectivity index (χ4v) is 2.15. The molecule has 0 saturated heterocycles. The number of unbranched alkanes of at least 4 members (excludes halogenated alkanes) is 4. The first kappa shape index (κ1) is 17.3. The van der Waals surface area contributed by atoms with Crippen LogP contribution in [0.1, 0.15) is 57.9 Å². The SMILES string of the molecule is CCCCCCCC(C)Oc1ccc(/C=C/C(=O)O)cc1. The van der Waals surface area contributed by atoms with Gasteiger partial charge in [0.2, 0.25) is 0 Å². The van der Waals surface area contributed by atoms with Crippen LogP contribution in [-0.2, 0) is 4.79 Å². The minimum Gasteiger partial charge on any atom is -0.491 e. The molecule has 0 aromatic heterocycles. The van der Waals surface area contributed by atoms with Crippen molar-refractivity contribution in [2.24, 2.45) is 0 Å². The molecule has 0 aliphatic carbocycles. The Hall–Kier alpha value is -1.77. The van der Waals surface area contributed by atoms with E-state index < -0.39 is 5.97 Å². The molecule has 0 saturated carbocycles. The molecule has 116 valence electrons. The molecular weight excluding hydrogens is 264 g/mol. The van der Waals surface area contributed by atoms with Crippen LogP contribution in [0.15, 0.2) is 30.3 Å². The first-order chi connectivity index (χ1) is 10.1. The lowest BCUT2D eigenvalue weighted by atomic mass is 10.1. The quantitative estimate of drug-likeness (QED) is 0.492. The lowest BCUT2D eigenvalue weighted by Gasteiger charge is -2.14. The van der Waals surface area contributed by atoms with Crippen LogP contribution in [0.5, 0.6) is 5.75 Å². The van der Waals surface area contributed by atoms with Gasteiger partial charge in [0.15, 0.2) is 0 Å². The number of rotatable bonds is 10. The molecule has 3 heteroatoms. The van der Waals surface area contributed by atoms with E-state index in [0.717, 1.165) is 23.8 Å². The second-order valence-electron chi connectivity index (χ2n) is 5.37. The number of benzene rings is 1. The Labute approximate surface area is 127 Å². The summed E-state index contributed by atoms with van der Waals surface area (Å²) in [4.78, 5) is 10.4. The number of hydrogen-bond donors (Lipinski definition) is 1. The van der Waals surface area contributed by atoms with Gasteiger partial charge in [0.25, 0.3) is 0 Å². The van der Waals surface area contributed by atoms with Crippen LogP contribution in [0.3, 0.4) is 0 Å². The molecule has 0 spiro atoms. The zero-order chi connectivity index (χ0) is 15.5. The molecule has 0 fully saturated rings. The summed E-state index contributed by atoms with van der Waals surface area (Å²) in [7, 11) is 0. The van der Waals surface area contributed by atoms with Gasteiger partial charge in [-0.1, -0.05) is 44.7 Å². The van der Waals surface area contributed by atoms with Crippen molar-refractivity contribution in [1.29, 1.82) is 0 Å². The average molecular weight is 290 g/mol. The van der Waals surface area contributed by atoms with E-state index in [9.17, 15) is 4.79 Å². The van der Waals surface area contributed by atoms with Gasteiger partial charge in [-0.25, -0.2) is 4.79 Å². The predicted octanol–water partition coefficient (Wildman–Crippen LogP) is 4.91. The summed E-state index contributed by atoms with van der Waals surface area (Å²) in [6.45, 7) is 4.32. The van der Waals surface area contributed by atoms with Crippen LogP contribution in [0.4, 0.5) is 0 Å². The summed E-state index contributed by atoms with van der Waals surface area (Å²) in [5, 5.41) is 8.57. The van der Waals surface area contributed by atoms with E-state index in [4.69, 9.17) is 9.84 Å². The summed E-state index contributed by atoms with van der Waals surface area (Å²) in [5.74, 6) is -0.101. The number of carboxylic acids is 1. The fourth-order valence-electron chi connectivity index (χ4n) is 2.15. The van der Waals surface area contributed by atoms with Crippen LogP contribution in [0, 0.1) is 0 Å². The summed E-state index contributed by atoms with van der Waals surface area (Å²) in [5.41, 5.74) is 0.858. The van der Waals surface area contributed by atoms with E-state index in [1.54, 1.807) is 6.08 Å². The van der Waals surface area contributed by atoms with Crippen LogP contribution in [0.2, 0.25) is 0 Å². The van der Waals surface area contributed by atoms with Gasteiger partial charge in [-0.05, 0) is 43.5 Å². The standard InChI is InChI=1S/C18H26O3/c1-3-4-5-6-7-8-15(2)21-17-12-9-16(10-13-17)11-14-18(19)20/h9-15H,3-8H2,1-2H3,(H,19,20)/b14-11+. The van der Waals surface area contributed by atoms with Gasteiger partial charge >= 0.3 is 5.97 Å². The second kappa shape index (κ2) is 10.0. The Morgan fingerprint density at radius 1 is 1.19 bits per heavy atom. The van der Waals surface area contributed by atoms with Crippen molar-refractivity contribution >= 4 is 12.0 Å². The molecule has 0 amide bonds. The average Bonchev–Trinajstić information content (AvgIpc) is 2.46. The number of carbonyl (C=O) groups is 1. The number of aliphatic carboxylic acids is 1. The maximum absolute atomic E-state index is 10.4. The lowest BCUT2D eigenvalue weighted by molar-refractivity contribution is -0.131. The van der Waals surface area contributed by atoms with E-state index in [-0.39, 0.29) is 6.10 Å². The van der Waals surface area contributed by atoms with E-state index in [1.165, 1.54) is 32.1 Å². The van der Waals surface area contributed by atoms with Gasteiger partial charge in [-0.3, -0.25) is 0 Å². The molecule has 1 N–H and O–H groups in total. The van der Waals surface area contributed by atoms with Gasteiger partial charge in [-0.15, -0.1) is 0 Å². The molecule has 1 rings (SSSR count). The molecule has 0 aliphatic heterocycles. The highest BCUT2D eigenvalue weighted by Crippen LogP contribution is 2.17. The van der Waals surface area contributed by atoms with Gasteiger partial charge < -0.3 is 9.84 Å². The van der Waals surface area contributed by atoms with E-state index in [2.05, 4.69) is 13.8 Å². The maximum atomic E-state index is 10.4. The van der Waals surface area contributed by atoms with Crippen LogP contribution in [-0.4, -0.2) is 17.2 Å². The predicted molar refractivity (Wildman–Crippen MR) is 86.6 cm³/mol. The number of ether oxygens (including phenoxy) is 1. The molecule has 1 atom stereocenters. The third-order valence-electron chi connectivity index (χ3n) is 3.35. The van der Waals surface area contributed by atoms with E-state index in [1.807, 2.05) is 24.3 Å². The highest BCUT2D eigenvalue weighted by molar-refractivity contribution is 5.85. The summed E-state index contributed by atoms with van der Waals surface area (Å²) < 4.78 is 5.86. The fraction of sp³-hybridized carbons (Fsp3) is 0.500. The number of hydrogen-bond acceptors (Lipinski definition) is 2. The highest BCUT2D eigenvalue weighted by atomic mass is 16.5. The topological polar surface area (TPSA) is 46.5 Å².